The van der Waals surface area contributed by atoms with E-state index in [1.807, 2.05) is 19.0 Å². The second-order valence-corrected chi connectivity index (χ2v) is 5.15. The summed E-state index contributed by atoms with van der Waals surface area (Å²) in [5.74, 6) is 0.851. The number of esters is 1. The van der Waals surface area contributed by atoms with E-state index < -0.39 is 0 Å². The van der Waals surface area contributed by atoms with Gasteiger partial charge in [0.15, 0.2) is 0 Å². The highest BCUT2D eigenvalue weighted by Gasteiger charge is 2.24. The Bertz CT molecular complexity index is 188. The highest BCUT2D eigenvalue weighted by molar-refractivity contribution is 5.72. The van der Waals surface area contributed by atoms with Crippen molar-refractivity contribution in [3.05, 3.63) is 0 Å². The zero-order chi connectivity index (χ0) is 12.0. The van der Waals surface area contributed by atoms with Crippen molar-refractivity contribution in [3.8, 4) is 0 Å². The van der Waals surface area contributed by atoms with Crippen molar-refractivity contribution in [3.63, 3.8) is 0 Å². The van der Waals surface area contributed by atoms with E-state index in [1.54, 1.807) is 0 Å². The second-order valence-electron chi connectivity index (χ2n) is 5.15. The van der Waals surface area contributed by atoms with Crippen molar-refractivity contribution in [2.24, 2.45) is 17.8 Å². The van der Waals surface area contributed by atoms with Gasteiger partial charge in [-0.1, -0.05) is 27.7 Å². The molecule has 0 saturated carbocycles. The van der Waals surface area contributed by atoms with Crippen LogP contribution in [0.5, 0.6) is 0 Å². The Labute approximate surface area is 93.8 Å². The maximum absolute atomic E-state index is 11.8. The van der Waals surface area contributed by atoms with Crippen LogP contribution in [-0.2, 0) is 9.53 Å². The SMILES string of the molecule is CC(C)CC(C(=O)OCN(C)C)C(C)C. The average molecular weight is 215 g/mol. The van der Waals surface area contributed by atoms with Gasteiger partial charge in [0, 0.05) is 0 Å². The molecule has 0 aromatic rings. The van der Waals surface area contributed by atoms with Crippen molar-refractivity contribution in [2.75, 3.05) is 20.8 Å². The van der Waals surface area contributed by atoms with E-state index in [0.29, 0.717) is 18.6 Å². The lowest BCUT2D eigenvalue weighted by Crippen LogP contribution is -2.28. The third kappa shape index (κ3) is 6.50. The van der Waals surface area contributed by atoms with Crippen LogP contribution in [-0.4, -0.2) is 31.7 Å². The molecule has 0 aromatic carbocycles. The maximum atomic E-state index is 11.8. The van der Waals surface area contributed by atoms with Crippen LogP contribution in [0.15, 0.2) is 0 Å². The Kier molecular flexibility index (Phi) is 6.57. The van der Waals surface area contributed by atoms with E-state index in [2.05, 4.69) is 27.7 Å². The third-order valence-corrected chi connectivity index (χ3v) is 2.30. The molecule has 0 rings (SSSR count). The van der Waals surface area contributed by atoms with Gasteiger partial charge in [0.25, 0.3) is 0 Å². The van der Waals surface area contributed by atoms with Crippen LogP contribution in [0.3, 0.4) is 0 Å². The quantitative estimate of drug-likeness (QED) is 0.503. The van der Waals surface area contributed by atoms with Gasteiger partial charge < -0.3 is 4.74 Å². The van der Waals surface area contributed by atoms with Gasteiger partial charge in [-0.25, -0.2) is 0 Å². The van der Waals surface area contributed by atoms with Gasteiger partial charge in [0.2, 0.25) is 0 Å². The van der Waals surface area contributed by atoms with Crippen molar-refractivity contribution >= 4 is 5.97 Å². The van der Waals surface area contributed by atoms with Gasteiger partial charge in [-0.3, -0.25) is 9.69 Å². The third-order valence-electron chi connectivity index (χ3n) is 2.30. The van der Waals surface area contributed by atoms with Crippen LogP contribution in [0.1, 0.15) is 34.1 Å². The summed E-state index contributed by atoms with van der Waals surface area (Å²) in [7, 11) is 3.78. The molecular formula is C12H25NO2. The van der Waals surface area contributed by atoms with E-state index >= 15 is 0 Å². The van der Waals surface area contributed by atoms with Crippen LogP contribution >= 0.6 is 0 Å². The van der Waals surface area contributed by atoms with E-state index in [0.717, 1.165) is 6.42 Å². The van der Waals surface area contributed by atoms with Gasteiger partial charge in [-0.2, -0.15) is 0 Å². The summed E-state index contributed by atoms with van der Waals surface area (Å²) in [6.45, 7) is 8.79. The summed E-state index contributed by atoms with van der Waals surface area (Å²) in [6.07, 6.45) is 0.907. The molecule has 0 saturated heterocycles. The maximum Gasteiger partial charge on any atom is 0.310 e. The van der Waals surface area contributed by atoms with E-state index in [9.17, 15) is 4.79 Å². The first kappa shape index (κ1) is 14.4. The zero-order valence-electron chi connectivity index (χ0n) is 10.9. The Balaban J connectivity index is 4.17. The molecule has 1 unspecified atom stereocenters. The molecule has 90 valence electrons. The summed E-state index contributed by atoms with van der Waals surface area (Å²) in [5.41, 5.74) is 0. The number of carbonyl (C=O) groups excluding carboxylic acids is 1. The first-order chi connectivity index (χ1) is 6.84. The Hall–Kier alpha value is -0.570. The molecule has 0 bridgehead atoms. The van der Waals surface area contributed by atoms with Gasteiger partial charge in [0.05, 0.1) is 5.92 Å². The minimum atomic E-state index is -0.0626. The molecule has 3 nitrogen and oxygen atoms in total. The summed E-state index contributed by atoms with van der Waals surface area (Å²) in [6, 6.07) is 0. The van der Waals surface area contributed by atoms with Crippen molar-refractivity contribution in [1.82, 2.24) is 4.90 Å². The van der Waals surface area contributed by atoms with E-state index in [4.69, 9.17) is 4.74 Å². The standard InChI is InChI=1S/C12H25NO2/c1-9(2)7-11(10(3)4)12(14)15-8-13(5)6/h9-11H,7-8H2,1-6H3. The van der Waals surface area contributed by atoms with E-state index in [1.165, 1.54) is 0 Å². The largest absolute Gasteiger partial charge is 0.449 e. The molecule has 0 aliphatic heterocycles. The molecule has 15 heavy (non-hydrogen) atoms. The number of hydrogen-bond donors (Lipinski definition) is 0. The van der Waals surface area contributed by atoms with Gasteiger partial charge >= 0.3 is 5.97 Å². The lowest BCUT2D eigenvalue weighted by atomic mass is 9.88. The highest BCUT2D eigenvalue weighted by atomic mass is 16.5. The number of ether oxygens (including phenoxy) is 1. The average Bonchev–Trinajstić information content (AvgIpc) is 2.09. The summed E-state index contributed by atoms with van der Waals surface area (Å²) < 4.78 is 5.21. The minimum absolute atomic E-state index is 0.0324. The monoisotopic (exact) mass is 215 g/mol. The number of hydrogen-bond acceptors (Lipinski definition) is 3. The first-order valence-electron chi connectivity index (χ1n) is 5.66. The smallest absolute Gasteiger partial charge is 0.310 e. The number of nitrogens with zero attached hydrogens (tertiary/aromatic N) is 1. The fraction of sp³-hybridized carbons (Fsp3) is 0.917. The van der Waals surface area contributed by atoms with Crippen LogP contribution in [0.2, 0.25) is 0 Å². The molecule has 0 amide bonds. The molecule has 0 aliphatic rings. The summed E-state index contributed by atoms with van der Waals surface area (Å²) in [5, 5.41) is 0. The molecular weight excluding hydrogens is 190 g/mol. The Morgan fingerprint density at radius 1 is 1.20 bits per heavy atom. The van der Waals surface area contributed by atoms with Crippen molar-refractivity contribution in [1.29, 1.82) is 0 Å². The summed E-state index contributed by atoms with van der Waals surface area (Å²) >= 11 is 0. The second kappa shape index (κ2) is 6.83. The van der Waals surface area contributed by atoms with Gasteiger partial charge in [0.1, 0.15) is 6.73 Å². The zero-order valence-corrected chi connectivity index (χ0v) is 10.9. The predicted molar refractivity (Wildman–Crippen MR) is 62.4 cm³/mol. The van der Waals surface area contributed by atoms with Crippen LogP contribution < -0.4 is 0 Å². The highest BCUT2D eigenvalue weighted by Crippen LogP contribution is 2.21. The molecule has 3 heteroatoms. The molecule has 0 heterocycles. The molecule has 0 N–H and O–H groups in total. The Morgan fingerprint density at radius 2 is 1.73 bits per heavy atom. The minimum Gasteiger partial charge on any atom is -0.449 e. The molecule has 1 atom stereocenters. The van der Waals surface area contributed by atoms with Gasteiger partial charge in [-0.05, 0) is 32.4 Å². The van der Waals surface area contributed by atoms with Crippen molar-refractivity contribution in [2.45, 2.75) is 34.1 Å². The topological polar surface area (TPSA) is 29.5 Å². The molecule has 0 aromatic heterocycles. The van der Waals surface area contributed by atoms with Crippen LogP contribution in [0.25, 0.3) is 0 Å². The molecule has 0 radical (unpaired) electrons. The van der Waals surface area contributed by atoms with E-state index in [-0.39, 0.29) is 11.9 Å². The molecule has 0 spiro atoms. The normalized spacial score (nSPS) is 13.7. The summed E-state index contributed by atoms with van der Waals surface area (Å²) in [4.78, 5) is 13.6. The number of rotatable bonds is 6. The Morgan fingerprint density at radius 3 is 2.07 bits per heavy atom. The van der Waals surface area contributed by atoms with Gasteiger partial charge in [-0.15, -0.1) is 0 Å². The van der Waals surface area contributed by atoms with Crippen LogP contribution in [0.4, 0.5) is 0 Å². The molecule has 0 aliphatic carbocycles. The predicted octanol–water partition coefficient (Wildman–Crippen LogP) is 2.37. The van der Waals surface area contributed by atoms with Crippen molar-refractivity contribution < 1.29 is 9.53 Å². The fourth-order valence-electron chi connectivity index (χ4n) is 1.45. The number of carbonyl (C=O) groups is 1. The lowest BCUT2D eigenvalue weighted by Gasteiger charge is -2.22. The van der Waals surface area contributed by atoms with Crippen LogP contribution in [0, 0.1) is 17.8 Å². The first-order valence-corrected chi connectivity index (χ1v) is 5.66. The molecule has 0 fully saturated rings. The lowest BCUT2D eigenvalue weighted by molar-refractivity contribution is -0.154. The fourth-order valence-corrected chi connectivity index (χ4v) is 1.45.